The highest BCUT2D eigenvalue weighted by atomic mass is 35.5. The summed E-state index contributed by atoms with van der Waals surface area (Å²) in [4.78, 5) is 68.2. The third kappa shape index (κ3) is 13.1. The molecule has 2 unspecified atom stereocenters. The number of carbonyl (C=O) groups is 3. The number of carbonyl (C=O) groups excluding carboxylic acids is 3. The highest BCUT2D eigenvalue weighted by molar-refractivity contribution is 6.02. The maximum atomic E-state index is 13.6. The number of benzene rings is 2. The first-order valence-corrected chi connectivity index (χ1v) is 22.5. The van der Waals surface area contributed by atoms with Gasteiger partial charge in [-0.1, -0.05) is 22.4 Å². The lowest BCUT2D eigenvalue weighted by Gasteiger charge is -2.33. The number of rotatable bonds is 13. The van der Waals surface area contributed by atoms with E-state index in [2.05, 4.69) is 51.5 Å². The van der Waals surface area contributed by atoms with E-state index in [1.807, 2.05) is 11.8 Å². The van der Waals surface area contributed by atoms with Gasteiger partial charge in [-0.25, -0.2) is 33.5 Å². The first-order chi connectivity index (χ1) is 32.4. The van der Waals surface area contributed by atoms with Crippen LogP contribution in [0.4, 0.5) is 13.6 Å². The molecule has 0 bridgehead atoms. The number of nitrogens with one attached hydrogen (secondary N) is 4. The molecule has 18 nitrogen and oxygen atoms in total. The molecular weight excluding hydrogens is 904 g/mol. The highest BCUT2D eigenvalue weighted by Gasteiger charge is 2.35. The number of urea groups is 1. The summed E-state index contributed by atoms with van der Waals surface area (Å²) >= 11 is 0. The minimum atomic E-state index is -0.464. The van der Waals surface area contributed by atoms with Crippen molar-refractivity contribution >= 4 is 41.7 Å². The number of piperidine rings is 2. The molecule has 0 spiro atoms. The highest BCUT2D eigenvalue weighted by Crippen LogP contribution is 2.30. The summed E-state index contributed by atoms with van der Waals surface area (Å²) in [6.45, 7) is 9.74. The molecule has 0 aliphatic carbocycles. The number of aromatic nitrogens is 4. The van der Waals surface area contributed by atoms with Gasteiger partial charge in [-0.05, 0) is 107 Å². The maximum Gasteiger partial charge on any atom is 0.317 e. The van der Waals surface area contributed by atoms with E-state index >= 15 is 0 Å². The molecule has 68 heavy (non-hydrogen) atoms. The van der Waals surface area contributed by atoms with Gasteiger partial charge in [0.2, 0.25) is 0 Å². The van der Waals surface area contributed by atoms with Gasteiger partial charge in [0.1, 0.15) is 46.7 Å². The molecule has 2 saturated heterocycles. The van der Waals surface area contributed by atoms with Gasteiger partial charge in [0.25, 0.3) is 11.8 Å². The molecule has 6 heterocycles. The number of aryl methyl sites for hydroxylation is 2. The first kappa shape index (κ1) is 50.9. The third-order valence-electron chi connectivity index (χ3n) is 12.0. The number of ether oxygens (including phenoxy) is 2. The van der Waals surface area contributed by atoms with Crippen molar-refractivity contribution in [1.82, 2.24) is 46.1 Å². The zero-order chi connectivity index (χ0) is 47.5. The van der Waals surface area contributed by atoms with E-state index in [0.717, 1.165) is 50.0 Å². The Hall–Kier alpha value is -6.54. The van der Waals surface area contributed by atoms with E-state index in [1.165, 1.54) is 32.4 Å². The Morgan fingerprint density at radius 3 is 1.59 bits per heavy atom. The zero-order valence-corrected chi connectivity index (χ0v) is 39.6. The molecule has 2 aromatic carbocycles. The molecule has 4 aromatic rings. The van der Waals surface area contributed by atoms with Crippen molar-refractivity contribution in [2.75, 3.05) is 46.9 Å². The molecule has 2 atom stereocenters. The van der Waals surface area contributed by atoms with Crippen molar-refractivity contribution < 1.29 is 42.3 Å². The number of methoxy groups -OCH3 is 2. The Kier molecular flexibility index (Phi) is 17.9. The summed E-state index contributed by atoms with van der Waals surface area (Å²) in [5.41, 5.74) is 4.46. The Bertz CT molecular complexity index is 2490. The molecule has 4 aliphatic heterocycles. The smallest absolute Gasteiger partial charge is 0.317 e. The number of oxime groups is 2. The summed E-state index contributed by atoms with van der Waals surface area (Å²) in [5, 5.41) is 20.3. The van der Waals surface area contributed by atoms with Crippen LogP contribution >= 0.6 is 12.4 Å². The lowest BCUT2D eigenvalue weighted by molar-refractivity contribution is 0.0185. The Balaban J connectivity index is 0.000000223. The minimum Gasteiger partial charge on any atom is -0.494 e. The van der Waals surface area contributed by atoms with Crippen LogP contribution in [0.5, 0.6) is 11.5 Å². The van der Waals surface area contributed by atoms with Gasteiger partial charge in [-0.3, -0.25) is 9.59 Å². The average Bonchev–Trinajstić information content (AvgIpc) is 4.06. The Morgan fingerprint density at radius 1 is 0.691 bits per heavy atom. The Morgan fingerprint density at radius 2 is 1.15 bits per heavy atom. The van der Waals surface area contributed by atoms with Gasteiger partial charge in [-0.2, -0.15) is 0 Å². The number of hydrogen-bond donors (Lipinski definition) is 4. The number of nitrogens with zero attached hydrogens (tertiary/aromatic N) is 7. The van der Waals surface area contributed by atoms with Crippen molar-refractivity contribution in [3.05, 3.63) is 106 Å². The van der Waals surface area contributed by atoms with Crippen molar-refractivity contribution in [3.8, 4) is 11.5 Å². The van der Waals surface area contributed by atoms with Gasteiger partial charge < -0.3 is 45.3 Å². The van der Waals surface area contributed by atoms with Crippen LogP contribution in [0.25, 0.3) is 0 Å². The van der Waals surface area contributed by atoms with Gasteiger partial charge in [-0.15, -0.1) is 12.4 Å². The quantitative estimate of drug-likeness (QED) is 0.129. The predicted molar refractivity (Wildman–Crippen MR) is 250 cm³/mol. The van der Waals surface area contributed by atoms with Crippen LogP contribution in [-0.4, -0.2) is 113 Å². The van der Waals surface area contributed by atoms with Crippen molar-refractivity contribution in [2.45, 2.75) is 84.6 Å². The molecular formula is C47H58ClF2N11O7. The molecule has 0 saturated carbocycles. The summed E-state index contributed by atoms with van der Waals surface area (Å²) in [5.74, 6) is 0.311. The van der Waals surface area contributed by atoms with Gasteiger partial charge in [0, 0.05) is 57.4 Å². The lowest BCUT2D eigenvalue weighted by atomic mass is 9.88. The van der Waals surface area contributed by atoms with Crippen molar-refractivity contribution in [2.24, 2.45) is 22.1 Å². The van der Waals surface area contributed by atoms with E-state index in [4.69, 9.17) is 19.1 Å². The van der Waals surface area contributed by atoms with Gasteiger partial charge in [0.05, 0.1) is 25.6 Å². The number of amides is 4. The lowest BCUT2D eigenvalue weighted by Crippen LogP contribution is -2.46. The van der Waals surface area contributed by atoms with Gasteiger partial charge in [0.15, 0.2) is 23.1 Å². The van der Waals surface area contributed by atoms with Crippen LogP contribution < -0.4 is 30.7 Å². The largest absolute Gasteiger partial charge is 0.494 e. The van der Waals surface area contributed by atoms with Crippen LogP contribution in [0.1, 0.15) is 101 Å². The molecule has 4 aliphatic rings. The topological polar surface area (TPSA) is 216 Å². The van der Waals surface area contributed by atoms with E-state index in [0.29, 0.717) is 72.7 Å². The fraction of sp³-hybridized carbons (Fsp3) is 0.468. The second kappa shape index (κ2) is 24.0. The second-order valence-electron chi connectivity index (χ2n) is 16.7. The summed E-state index contributed by atoms with van der Waals surface area (Å²) in [6.07, 6.45) is 5.05. The van der Waals surface area contributed by atoms with Crippen LogP contribution in [0.15, 0.2) is 58.8 Å². The number of halogens is 3. The molecule has 2 fully saturated rings. The van der Waals surface area contributed by atoms with E-state index < -0.39 is 11.6 Å². The van der Waals surface area contributed by atoms with E-state index in [9.17, 15) is 23.2 Å². The normalized spacial score (nSPS) is 18.1. The monoisotopic (exact) mass is 961 g/mol. The zero-order valence-electron chi connectivity index (χ0n) is 38.8. The van der Waals surface area contributed by atoms with Crippen molar-refractivity contribution in [1.29, 1.82) is 0 Å². The second-order valence-corrected chi connectivity index (χ2v) is 16.7. The summed E-state index contributed by atoms with van der Waals surface area (Å²) in [7, 11) is 2.79. The fourth-order valence-corrected chi connectivity index (χ4v) is 8.39. The molecule has 8 rings (SSSR count). The SMILES string of the molecule is CCNC(=O)N1CCC(C2CC(c3cc(C(=O)NCc4ccc(F)c(OC)c4)nc(C)n3)=NO2)CC1.COc1cc(CNC(=O)c2cc(C3=NOC(C4CCNCC4)C3)nc(C)n2)ccc1F.Cl. The Labute approximate surface area is 399 Å². The van der Waals surface area contributed by atoms with Crippen LogP contribution in [0, 0.1) is 37.3 Å². The molecule has 4 amide bonds. The van der Waals surface area contributed by atoms with E-state index in [-0.39, 0.29) is 84.4 Å². The number of likely N-dealkylation sites (tertiary alicyclic amines) is 1. The van der Waals surface area contributed by atoms with Gasteiger partial charge >= 0.3 is 6.03 Å². The molecule has 364 valence electrons. The fourth-order valence-electron chi connectivity index (χ4n) is 8.39. The predicted octanol–water partition coefficient (Wildman–Crippen LogP) is 5.57. The minimum absolute atomic E-state index is 0. The molecule has 2 aromatic heterocycles. The summed E-state index contributed by atoms with van der Waals surface area (Å²) < 4.78 is 37.2. The van der Waals surface area contributed by atoms with Crippen LogP contribution in [0.3, 0.4) is 0 Å². The molecule has 4 N–H and O–H groups in total. The maximum absolute atomic E-state index is 13.6. The first-order valence-electron chi connectivity index (χ1n) is 22.5. The number of hydrogen-bond acceptors (Lipinski definition) is 14. The van der Waals surface area contributed by atoms with Crippen LogP contribution in [0.2, 0.25) is 0 Å². The average molecular weight is 962 g/mol. The van der Waals surface area contributed by atoms with E-state index in [1.54, 1.807) is 44.2 Å². The summed E-state index contributed by atoms with van der Waals surface area (Å²) in [6, 6.07) is 12.1. The van der Waals surface area contributed by atoms with Crippen molar-refractivity contribution in [3.63, 3.8) is 0 Å². The molecule has 21 heteroatoms. The van der Waals surface area contributed by atoms with Crippen LogP contribution in [-0.2, 0) is 22.8 Å². The third-order valence-corrected chi connectivity index (χ3v) is 12.0. The molecule has 0 radical (unpaired) electrons. The standard InChI is InChI=1S/C25H31FN6O4.C22H26FN5O3.ClH/c1-4-27-25(34)32-9-7-17(8-10-32)22-13-20(31-36-22)19-12-21(30-15(2)29-19)24(33)28-14-16-5-6-18(26)23(11-16)35-3;1-13-26-17(18-11-20(31-28-18)15-5-7-24-8-6-15)10-19(27-13)22(29)25-12-14-3-4-16(23)21(9-14)30-2;/h5-6,11-12,17,22H,4,7-10,13-14H2,1-3H3,(H,27,34)(H,28,33);3-4,9-10,15,20,24H,5-8,11-12H2,1-2H3,(H,25,29);1H.